The number of nitrogens with zero attached hydrogens (tertiary/aromatic N) is 6. The molecule has 1 amide bonds. The number of nitrogens with one attached hydrogen (secondary N) is 1. The van der Waals surface area contributed by atoms with Crippen molar-refractivity contribution in [2.75, 3.05) is 42.9 Å². The van der Waals surface area contributed by atoms with Crippen molar-refractivity contribution in [1.29, 1.82) is 0 Å². The summed E-state index contributed by atoms with van der Waals surface area (Å²) in [6.07, 6.45) is 3.50. The van der Waals surface area contributed by atoms with Gasteiger partial charge in [-0.15, -0.1) is 0 Å². The van der Waals surface area contributed by atoms with Gasteiger partial charge in [0.15, 0.2) is 0 Å². The van der Waals surface area contributed by atoms with Crippen LogP contribution < -0.4 is 10.2 Å². The summed E-state index contributed by atoms with van der Waals surface area (Å²) in [6.45, 7) is 7.51. The fraction of sp³-hybridized carbons (Fsp3) is 0.333. The van der Waals surface area contributed by atoms with E-state index in [-0.39, 0.29) is 5.91 Å². The van der Waals surface area contributed by atoms with Crippen molar-refractivity contribution in [3.8, 4) is 5.69 Å². The van der Waals surface area contributed by atoms with E-state index in [4.69, 9.17) is 0 Å². The first-order valence-corrected chi connectivity index (χ1v) is 9.76. The number of hydrogen-bond acceptors (Lipinski definition) is 6. The average molecular weight is 391 g/mol. The molecule has 0 aliphatic carbocycles. The van der Waals surface area contributed by atoms with Gasteiger partial charge in [0, 0.05) is 44.6 Å². The second-order valence-electron chi connectivity index (χ2n) is 7.28. The first-order valence-electron chi connectivity index (χ1n) is 9.76. The normalized spacial score (nSPS) is 14.8. The molecule has 1 aliphatic heterocycles. The van der Waals surface area contributed by atoms with Crippen molar-refractivity contribution in [3.63, 3.8) is 0 Å². The van der Waals surface area contributed by atoms with Crippen LogP contribution in [0.3, 0.4) is 0 Å². The van der Waals surface area contributed by atoms with Gasteiger partial charge in [-0.05, 0) is 32.0 Å². The Bertz CT molecular complexity index is 960. The minimum absolute atomic E-state index is 0.0392. The third kappa shape index (κ3) is 4.60. The molecule has 0 saturated carbocycles. The van der Waals surface area contributed by atoms with Crippen LogP contribution in [0, 0.1) is 13.8 Å². The van der Waals surface area contributed by atoms with Gasteiger partial charge in [-0.25, -0.2) is 14.6 Å². The van der Waals surface area contributed by atoms with Crippen molar-refractivity contribution >= 4 is 17.7 Å². The van der Waals surface area contributed by atoms with Gasteiger partial charge in [-0.1, -0.05) is 17.7 Å². The van der Waals surface area contributed by atoms with E-state index in [0.29, 0.717) is 12.4 Å². The summed E-state index contributed by atoms with van der Waals surface area (Å²) in [5, 5.41) is 7.54. The van der Waals surface area contributed by atoms with Crippen LogP contribution in [-0.4, -0.2) is 63.3 Å². The average Bonchev–Trinajstić information content (AvgIpc) is 3.09. The van der Waals surface area contributed by atoms with Crippen molar-refractivity contribution in [3.05, 3.63) is 60.0 Å². The smallest absolute Gasteiger partial charge is 0.239 e. The zero-order chi connectivity index (χ0) is 20.2. The molecule has 1 aromatic carbocycles. The Labute approximate surface area is 170 Å². The number of rotatable bonds is 5. The predicted octanol–water partition coefficient (Wildman–Crippen LogP) is 2.04. The fourth-order valence-electron chi connectivity index (χ4n) is 3.42. The fourth-order valence-corrected chi connectivity index (χ4v) is 3.42. The lowest BCUT2D eigenvalue weighted by atomic mass is 10.2. The molecule has 1 N–H and O–H groups in total. The number of anilines is 2. The van der Waals surface area contributed by atoms with Crippen molar-refractivity contribution in [2.45, 2.75) is 13.8 Å². The Balaban J connectivity index is 1.35. The second-order valence-corrected chi connectivity index (χ2v) is 7.28. The van der Waals surface area contributed by atoms with Gasteiger partial charge in [-0.3, -0.25) is 9.69 Å². The summed E-state index contributed by atoms with van der Waals surface area (Å²) in [4.78, 5) is 25.5. The maximum absolute atomic E-state index is 12.6. The number of amides is 1. The van der Waals surface area contributed by atoms with Crippen molar-refractivity contribution in [1.82, 2.24) is 24.6 Å². The summed E-state index contributed by atoms with van der Waals surface area (Å²) in [7, 11) is 0. The molecule has 0 radical (unpaired) electrons. The van der Waals surface area contributed by atoms with Crippen LogP contribution in [0.5, 0.6) is 0 Å². The predicted molar refractivity (Wildman–Crippen MR) is 112 cm³/mol. The van der Waals surface area contributed by atoms with Crippen LogP contribution in [0.1, 0.15) is 11.3 Å². The van der Waals surface area contributed by atoms with Crippen LogP contribution in [0.4, 0.5) is 11.8 Å². The number of hydrogen-bond donors (Lipinski definition) is 1. The van der Waals surface area contributed by atoms with E-state index in [1.807, 2.05) is 50.2 Å². The molecule has 1 saturated heterocycles. The molecule has 4 rings (SSSR count). The Morgan fingerprint density at radius 1 is 1.03 bits per heavy atom. The number of carbonyl (C=O) groups excluding carboxylic acids is 1. The van der Waals surface area contributed by atoms with E-state index in [1.54, 1.807) is 17.1 Å². The third-order valence-electron chi connectivity index (χ3n) is 4.95. The second kappa shape index (κ2) is 8.40. The van der Waals surface area contributed by atoms with E-state index in [2.05, 4.69) is 30.2 Å². The lowest BCUT2D eigenvalue weighted by Crippen LogP contribution is -2.49. The topological polar surface area (TPSA) is 79.2 Å². The van der Waals surface area contributed by atoms with Crippen LogP contribution >= 0.6 is 0 Å². The molecule has 0 spiro atoms. The van der Waals surface area contributed by atoms with Crippen molar-refractivity contribution < 1.29 is 4.79 Å². The molecule has 1 fully saturated rings. The van der Waals surface area contributed by atoms with Crippen LogP contribution in [-0.2, 0) is 4.79 Å². The van der Waals surface area contributed by atoms with Gasteiger partial charge in [0.05, 0.1) is 17.9 Å². The highest BCUT2D eigenvalue weighted by Gasteiger charge is 2.21. The number of piperazine rings is 1. The molecule has 3 aromatic rings. The zero-order valence-corrected chi connectivity index (χ0v) is 16.7. The SMILES string of the molecule is Cc1ccc(-n2nc(C)cc2NC(=O)CN2CCN(c3ncccn3)CC2)cc1. The minimum Gasteiger partial charge on any atom is -0.338 e. The summed E-state index contributed by atoms with van der Waals surface area (Å²) in [6, 6.07) is 11.8. The maximum Gasteiger partial charge on any atom is 0.239 e. The van der Waals surface area contributed by atoms with E-state index in [0.717, 1.165) is 43.5 Å². The molecular formula is C21H25N7O. The molecule has 3 heterocycles. The first-order chi connectivity index (χ1) is 14.1. The number of aryl methyl sites for hydroxylation is 2. The highest BCUT2D eigenvalue weighted by atomic mass is 16.2. The van der Waals surface area contributed by atoms with Gasteiger partial charge < -0.3 is 10.2 Å². The zero-order valence-electron chi connectivity index (χ0n) is 16.7. The highest BCUT2D eigenvalue weighted by Crippen LogP contribution is 2.18. The van der Waals surface area contributed by atoms with Crippen LogP contribution in [0.25, 0.3) is 5.69 Å². The molecule has 2 aromatic heterocycles. The molecule has 150 valence electrons. The van der Waals surface area contributed by atoms with Gasteiger partial charge >= 0.3 is 0 Å². The number of aromatic nitrogens is 4. The Morgan fingerprint density at radius 2 is 1.72 bits per heavy atom. The van der Waals surface area contributed by atoms with Gasteiger partial charge in [0.2, 0.25) is 11.9 Å². The largest absolute Gasteiger partial charge is 0.338 e. The molecular weight excluding hydrogens is 366 g/mol. The standard InChI is InChI=1S/C21H25N7O/c1-16-4-6-18(7-5-16)28-19(14-17(2)25-28)24-20(29)15-26-10-12-27(13-11-26)21-22-8-3-9-23-21/h3-9,14H,10-13,15H2,1-2H3,(H,24,29). The van der Waals surface area contributed by atoms with E-state index >= 15 is 0 Å². The number of carbonyl (C=O) groups is 1. The Hall–Kier alpha value is -3.26. The maximum atomic E-state index is 12.6. The quantitative estimate of drug-likeness (QED) is 0.717. The molecule has 0 atom stereocenters. The number of benzene rings is 1. The summed E-state index contributed by atoms with van der Waals surface area (Å²) >= 11 is 0. The molecule has 1 aliphatic rings. The van der Waals surface area contributed by atoms with Crippen LogP contribution in [0.2, 0.25) is 0 Å². The molecule has 0 unspecified atom stereocenters. The third-order valence-corrected chi connectivity index (χ3v) is 4.95. The summed E-state index contributed by atoms with van der Waals surface area (Å²) in [5.41, 5.74) is 2.97. The molecule has 8 heteroatoms. The first kappa shape index (κ1) is 19.1. The van der Waals surface area contributed by atoms with E-state index in [1.165, 1.54) is 5.56 Å². The van der Waals surface area contributed by atoms with Gasteiger partial charge in [-0.2, -0.15) is 5.10 Å². The lowest BCUT2D eigenvalue weighted by Gasteiger charge is -2.34. The highest BCUT2D eigenvalue weighted by molar-refractivity contribution is 5.91. The van der Waals surface area contributed by atoms with E-state index < -0.39 is 0 Å². The van der Waals surface area contributed by atoms with E-state index in [9.17, 15) is 4.79 Å². The van der Waals surface area contributed by atoms with Gasteiger partial charge in [0.25, 0.3) is 0 Å². The minimum atomic E-state index is -0.0392. The Morgan fingerprint density at radius 3 is 2.41 bits per heavy atom. The molecule has 8 nitrogen and oxygen atoms in total. The summed E-state index contributed by atoms with van der Waals surface area (Å²) < 4.78 is 1.78. The molecule has 0 bridgehead atoms. The lowest BCUT2D eigenvalue weighted by molar-refractivity contribution is -0.117. The van der Waals surface area contributed by atoms with Crippen LogP contribution in [0.15, 0.2) is 48.8 Å². The van der Waals surface area contributed by atoms with Gasteiger partial charge in [0.1, 0.15) is 5.82 Å². The monoisotopic (exact) mass is 391 g/mol. The summed E-state index contributed by atoms with van der Waals surface area (Å²) in [5.74, 6) is 1.39. The molecule has 29 heavy (non-hydrogen) atoms. The Kier molecular flexibility index (Phi) is 5.53. The van der Waals surface area contributed by atoms with Crippen molar-refractivity contribution in [2.24, 2.45) is 0 Å².